The maximum atomic E-state index is 12.5. The number of methoxy groups -OCH3 is 1. The Balaban J connectivity index is 1.59. The SMILES string of the molecule is COCc1ccc(NC(=O)c2nc(N)c3c(C4(C)CC4)c[nH]c3n2)cc1. The van der Waals surface area contributed by atoms with Crippen LogP contribution in [0.25, 0.3) is 11.0 Å². The number of H-pyrrole nitrogens is 1. The normalized spacial score (nSPS) is 15.2. The maximum Gasteiger partial charge on any atom is 0.293 e. The summed E-state index contributed by atoms with van der Waals surface area (Å²) in [6.45, 7) is 2.72. The van der Waals surface area contributed by atoms with Crippen molar-refractivity contribution in [1.29, 1.82) is 0 Å². The number of nitrogens with one attached hydrogen (secondary N) is 2. The van der Waals surface area contributed by atoms with Gasteiger partial charge in [-0.1, -0.05) is 19.1 Å². The number of ether oxygens (including phenoxy) is 1. The number of nitrogens with two attached hydrogens (primary N) is 1. The second-order valence-electron chi connectivity index (χ2n) is 7.00. The summed E-state index contributed by atoms with van der Waals surface area (Å²) in [4.78, 5) is 24.2. The van der Waals surface area contributed by atoms with E-state index in [-0.39, 0.29) is 11.2 Å². The number of carbonyl (C=O) groups excluding carboxylic acids is 1. The maximum absolute atomic E-state index is 12.5. The Morgan fingerprint density at radius 3 is 2.69 bits per heavy atom. The van der Waals surface area contributed by atoms with Gasteiger partial charge >= 0.3 is 0 Å². The molecule has 0 spiro atoms. The zero-order valence-corrected chi connectivity index (χ0v) is 14.8. The van der Waals surface area contributed by atoms with E-state index in [1.807, 2.05) is 30.5 Å². The van der Waals surface area contributed by atoms with E-state index in [9.17, 15) is 4.79 Å². The molecule has 0 atom stereocenters. The number of rotatable bonds is 5. The molecule has 1 aliphatic rings. The van der Waals surface area contributed by atoms with Gasteiger partial charge in [0.2, 0.25) is 5.82 Å². The van der Waals surface area contributed by atoms with Gasteiger partial charge in [0.05, 0.1) is 12.0 Å². The molecule has 0 unspecified atom stereocenters. The fraction of sp³-hybridized carbons (Fsp3) is 0.316. The molecule has 7 heteroatoms. The quantitative estimate of drug-likeness (QED) is 0.655. The highest BCUT2D eigenvalue weighted by Crippen LogP contribution is 2.50. The standard InChI is InChI=1S/C19H21N5O2/c1-19(7-8-19)13-9-21-16-14(13)15(20)23-17(24-16)18(25)22-12-5-3-11(4-6-12)10-26-2/h3-6,9H,7-8,10H2,1-2H3,(H,22,25)(H3,20,21,23,24). The molecule has 3 aromatic rings. The van der Waals surface area contributed by atoms with Crippen LogP contribution >= 0.6 is 0 Å². The minimum Gasteiger partial charge on any atom is -0.383 e. The van der Waals surface area contributed by atoms with Crippen LogP contribution in [0.1, 0.15) is 41.5 Å². The molecule has 1 fully saturated rings. The minimum atomic E-state index is -0.396. The number of aromatic nitrogens is 3. The fourth-order valence-corrected chi connectivity index (χ4v) is 3.13. The summed E-state index contributed by atoms with van der Waals surface area (Å²) in [5.74, 6) is -0.0165. The zero-order chi connectivity index (χ0) is 18.3. The van der Waals surface area contributed by atoms with Crippen LogP contribution in [0.4, 0.5) is 11.5 Å². The third-order valence-electron chi connectivity index (χ3n) is 4.94. The largest absolute Gasteiger partial charge is 0.383 e. The van der Waals surface area contributed by atoms with Crippen molar-refractivity contribution in [3.8, 4) is 0 Å². The number of nitrogen functional groups attached to an aromatic ring is 1. The number of nitrogens with zero attached hydrogens (tertiary/aromatic N) is 2. The van der Waals surface area contributed by atoms with Gasteiger partial charge < -0.3 is 20.8 Å². The molecule has 4 rings (SSSR count). The topological polar surface area (TPSA) is 106 Å². The number of amides is 1. The van der Waals surface area contributed by atoms with E-state index in [0.717, 1.165) is 29.4 Å². The average Bonchev–Trinajstić information content (AvgIpc) is 3.20. The van der Waals surface area contributed by atoms with Crippen LogP contribution in [0.2, 0.25) is 0 Å². The first-order chi connectivity index (χ1) is 12.5. The Bertz CT molecular complexity index is 974. The number of hydrogen-bond acceptors (Lipinski definition) is 5. The van der Waals surface area contributed by atoms with Crippen molar-refractivity contribution < 1.29 is 9.53 Å². The van der Waals surface area contributed by atoms with Gasteiger partial charge in [-0.05, 0) is 41.5 Å². The third-order valence-corrected chi connectivity index (χ3v) is 4.94. The molecule has 4 N–H and O–H groups in total. The lowest BCUT2D eigenvalue weighted by Crippen LogP contribution is -2.17. The van der Waals surface area contributed by atoms with Gasteiger partial charge in [-0.3, -0.25) is 4.79 Å². The van der Waals surface area contributed by atoms with Crippen LogP contribution in [0, 0.1) is 0 Å². The van der Waals surface area contributed by atoms with Crippen molar-refractivity contribution in [2.24, 2.45) is 0 Å². The second-order valence-corrected chi connectivity index (χ2v) is 7.00. The second kappa shape index (κ2) is 6.10. The Kier molecular flexibility index (Phi) is 3.88. The molecule has 0 saturated heterocycles. The number of anilines is 2. The Hall–Kier alpha value is -2.93. The lowest BCUT2D eigenvalue weighted by atomic mass is 9.99. The number of carbonyl (C=O) groups is 1. The van der Waals surface area contributed by atoms with Crippen molar-refractivity contribution in [2.45, 2.75) is 31.8 Å². The zero-order valence-electron chi connectivity index (χ0n) is 14.8. The minimum absolute atomic E-state index is 0.0466. The number of hydrogen-bond donors (Lipinski definition) is 3. The van der Waals surface area contributed by atoms with E-state index in [2.05, 4.69) is 27.2 Å². The summed E-state index contributed by atoms with van der Waals surface area (Å²) in [7, 11) is 1.64. The third kappa shape index (κ3) is 2.90. The predicted octanol–water partition coefficient (Wildman–Crippen LogP) is 2.99. The van der Waals surface area contributed by atoms with E-state index >= 15 is 0 Å². The highest BCUT2D eigenvalue weighted by Gasteiger charge is 2.41. The summed E-state index contributed by atoms with van der Waals surface area (Å²) in [5.41, 5.74) is 9.71. The van der Waals surface area contributed by atoms with Crippen LogP contribution < -0.4 is 11.1 Å². The van der Waals surface area contributed by atoms with E-state index in [1.165, 1.54) is 0 Å². The van der Waals surface area contributed by atoms with Crippen LogP contribution in [0.5, 0.6) is 0 Å². The van der Waals surface area contributed by atoms with Gasteiger partial charge in [-0.2, -0.15) is 0 Å². The van der Waals surface area contributed by atoms with Gasteiger partial charge in [0.15, 0.2) is 0 Å². The van der Waals surface area contributed by atoms with Gasteiger partial charge in [0.25, 0.3) is 5.91 Å². The monoisotopic (exact) mass is 351 g/mol. The highest BCUT2D eigenvalue weighted by molar-refractivity contribution is 6.03. The van der Waals surface area contributed by atoms with E-state index in [0.29, 0.717) is 23.8 Å². The first kappa shape index (κ1) is 16.5. The highest BCUT2D eigenvalue weighted by atomic mass is 16.5. The van der Waals surface area contributed by atoms with E-state index in [4.69, 9.17) is 10.5 Å². The lowest BCUT2D eigenvalue weighted by Gasteiger charge is -2.09. The Morgan fingerprint density at radius 2 is 2.04 bits per heavy atom. The Labute approximate surface area is 151 Å². The molecule has 26 heavy (non-hydrogen) atoms. The van der Waals surface area contributed by atoms with Crippen LogP contribution in [0.3, 0.4) is 0 Å². The molecule has 1 aromatic carbocycles. The van der Waals surface area contributed by atoms with E-state index < -0.39 is 5.91 Å². The molecule has 134 valence electrons. The van der Waals surface area contributed by atoms with Crippen LogP contribution in [0.15, 0.2) is 30.5 Å². The van der Waals surface area contributed by atoms with Gasteiger partial charge in [0.1, 0.15) is 11.5 Å². The van der Waals surface area contributed by atoms with Crippen molar-refractivity contribution in [3.63, 3.8) is 0 Å². The fourth-order valence-electron chi connectivity index (χ4n) is 3.13. The Morgan fingerprint density at radius 1 is 1.31 bits per heavy atom. The van der Waals surface area contributed by atoms with Crippen molar-refractivity contribution >= 4 is 28.4 Å². The number of fused-ring (bicyclic) bond motifs is 1. The summed E-state index contributed by atoms with van der Waals surface area (Å²) in [6, 6.07) is 7.42. The van der Waals surface area contributed by atoms with Crippen molar-refractivity contribution in [1.82, 2.24) is 15.0 Å². The van der Waals surface area contributed by atoms with Crippen molar-refractivity contribution in [3.05, 3.63) is 47.4 Å². The smallest absolute Gasteiger partial charge is 0.293 e. The molecular formula is C19H21N5O2. The molecule has 1 aliphatic carbocycles. The summed E-state index contributed by atoms with van der Waals surface area (Å²) < 4.78 is 5.08. The molecule has 2 heterocycles. The number of aromatic amines is 1. The molecule has 1 saturated carbocycles. The van der Waals surface area contributed by atoms with E-state index in [1.54, 1.807) is 7.11 Å². The summed E-state index contributed by atoms with van der Waals surface area (Å²) >= 11 is 0. The molecule has 0 radical (unpaired) electrons. The van der Waals surface area contributed by atoms with Gasteiger partial charge in [-0.25, -0.2) is 9.97 Å². The lowest BCUT2D eigenvalue weighted by molar-refractivity contribution is 0.101. The van der Waals surface area contributed by atoms with Crippen LogP contribution in [-0.2, 0) is 16.8 Å². The molecule has 7 nitrogen and oxygen atoms in total. The average molecular weight is 351 g/mol. The first-order valence-electron chi connectivity index (χ1n) is 8.54. The summed E-state index contributed by atoms with van der Waals surface area (Å²) in [6.07, 6.45) is 4.18. The predicted molar refractivity (Wildman–Crippen MR) is 100.0 cm³/mol. The summed E-state index contributed by atoms with van der Waals surface area (Å²) in [5, 5.41) is 3.62. The van der Waals surface area contributed by atoms with Gasteiger partial charge in [0, 0.05) is 19.0 Å². The van der Waals surface area contributed by atoms with Gasteiger partial charge in [-0.15, -0.1) is 0 Å². The molecule has 0 bridgehead atoms. The molecule has 1 amide bonds. The van der Waals surface area contributed by atoms with Crippen LogP contribution in [-0.4, -0.2) is 28.0 Å². The van der Waals surface area contributed by atoms with Crippen molar-refractivity contribution in [2.75, 3.05) is 18.2 Å². The number of benzene rings is 1. The molecule has 2 aromatic heterocycles. The molecular weight excluding hydrogens is 330 g/mol. The first-order valence-corrected chi connectivity index (χ1v) is 8.54. The molecule has 0 aliphatic heterocycles.